The first-order chi connectivity index (χ1) is 9.67. The number of likely N-dealkylation sites (N-methyl/N-ethyl adjacent to an activating group) is 1. The summed E-state index contributed by atoms with van der Waals surface area (Å²) in [5, 5.41) is 3.27. The van der Waals surface area contributed by atoms with Crippen LogP contribution in [0, 0.1) is 0 Å². The topological polar surface area (TPSA) is 50.8 Å². The Bertz CT molecular complexity index is 268. The van der Waals surface area contributed by atoms with Crippen LogP contribution in [0.3, 0.4) is 0 Å². The third-order valence-corrected chi connectivity index (χ3v) is 3.55. The van der Waals surface area contributed by atoms with E-state index >= 15 is 0 Å². The lowest BCUT2D eigenvalue weighted by atomic mass is 10.1. The Balaban J connectivity index is 2.29. The molecule has 0 bridgehead atoms. The number of hydrogen-bond donors (Lipinski definition) is 1. The summed E-state index contributed by atoms with van der Waals surface area (Å²) in [5.74, 6) is -0.133. The molecule has 0 aromatic rings. The molecule has 20 heavy (non-hydrogen) atoms. The van der Waals surface area contributed by atoms with E-state index in [-0.39, 0.29) is 12.0 Å². The van der Waals surface area contributed by atoms with E-state index in [1.165, 1.54) is 6.42 Å². The highest BCUT2D eigenvalue weighted by Gasteiger charge is 2.21. The van der Waals surface area contributed by atoms with Crippen molar-refractivity contribution in [3.63, 3.8) is 0 Å². The van der Waals surface area contributed by atoms with Gasteiger partial charge in [-0.15, -0.1) is 0 Å². The highest BCUT2D eigenvalue weighted by Crippen LogP contribution is 2.13. The maximum absolute atomic E-state index is 11.9. The van der Waals surface area contributed by atoms with Gasteiger partial charge >= 0.3 is 5.97 Å². The quantitative estimate of drug-likeness (QED) is 0.616. The van der Waals surface area contributed by atoms with Gasteiger partial charge in [0.1, 0.15) is 6.04 Å². The van der Waals surface area contributed by atoms with Crippen LogP contribution in [0.2, 0.25) is 0 Å². The van der Waals surface area contributed by atoms with Crippen LogP contribution in [-0.4, -0.2) is 62.9 Å². The maximum atomic E-state index is 11.9. The zero-order valence-electron chi connectivity index (χ0n) is 13.2. The summed E-state index contributed by atoms with van der Waals surface area (Å²) in [7, 11) is 2.09. The van der Waals surface area contributed by atoms with Crippen molar-refractivity contribution in [2.45, 2.75) is 51.7 Å². The van der Waals surface area contributed by atoms with Gasteiger partial charge in [0, 0.05) is 13.2 Å². The molecular weight excluding hydrogens is 256 g/mol. The first-order valence-corrected chi connectivity index (χ1v) is 7.87. The van der Waals surface area contributed by atoms with E-state index < -0.39 is 0 Å². The first kappa shape index (κ1) is 17.4. The number of nitrogens with zero attached hydrogens (tertiary/aromatic N) is 1. The van der Waals surface area contributed by atoms with E-state index in [2.05, 4.69) is 24.2 Å². The highest BCUT2D eigenvalue weighted by atomic mass is 16.5. The van der Waals surface area contributed by atoms with Gasteiger partial charge in [0.2, 0.25) is 0 Å². The van der Waals surface area contributed by atoms with Crippen LogP contribution < -0.4 is 5.32 Å². The predicted octanol–water partition coefficient (Wildman–Crippen LogP) is 1.42. The summed E-state index contributed by atoms with van der Waals surface area (Å²) >= 11 is 0. The summed E-state index contributed by atoms with van der Waals surface area (Å²) in [6.45, 7) is 7.94. The van der Waals surface area contributed by atoms with E-state index in [0.29, 0.717) is 12.7 Å². The molecule has 0 aliphatic carbocycles. The molecule has 2 atom stereocenters. The number of nitrogens with one attached hydrogen (secondary N) is 1. The van der Waals surface area contributed by atoms with Crippen molar-refractivity contribution in [2.75, 3.05) is 39.9 Å². The summed E-state index contributed by atoms with van der Waals surface area (Å²) in [4.78, 5) is 14.1. The Morgan fingerprint density at radius 2 is 2.30 bits per heavy atom. The minimum absolute atomic E-state index is 0.133. The van der Waals surface area contributed by atoms with Crippen LogP contribution in [0.4, 0.5) is 0 Å². The van der Waals surface area contributed by atoms with Crippen molar-refractivity contribution < 1.29 is 14.3 Å². The predicted molar refractivity (Wildman–Crippen MR) is 79.8 cm³/mol. The summed E-state index contributed by atoms with van der Waals surface area (Å²) in [5.41, 5.74) is 0. The van der Waals surface area contributed by atoms with Gasteiger partial charge in [-0.3, -0.25) is 4.79 Å². The number of rotatable bonds is 10. The van der Waals surface area contributed by atoms with Gasteiger partial charge in [-0.05, 0) is 52.7 Å². The minimum Gasteiger partial charge on any atom is -0.465 e. The summed E-state index contributed by atoms with van der Waals surface area (Å²) in [6.07, 6.45) is 4.48. The second-order valence-electron chi connectivity index (χ2n) is 5.44. The Hall–Kier alpha value is -0.650. The van der Waals surface area contributed by atoms with Crippen LogP contribution >= 0.6 is 0 Å². The lowest BCUT2D eigenvalue weighted by molar-refractivity contribution is -0.145. The molecule has 0 saturated carbocycles. The molecule has 0 aromatic carbocycles. The van der Waals surface area contributed by atoms with Crippen molar-refractivity contribution in [2.24, 2.45) is 0 Å². The number of esters is 1. The molecule has 1 fully saturated rings. The zero-order chi connectivity index (χ0) is 14.8. The van der Waals surface area contributed by atoms with Gasteiger partial charge in [-0.25, -0.2) is 0 Å². The second kappa shape index (κ2) is 10.1. The van der Waals surface area contributed by atoms with Crippen LogP contribution in [0.1, 0.15) is 39.5 Å². The van der Waals surface area contributed by atoms with Crippen LogP contribution in [0.15, 0.2) is 0 Å². The van der Waals surface area contributed by atoms with Crippen LogP contribution in [0.5, 0.6) is 0 Å². The molecule has 1 N–H and O–H groups in total. The van der Waals surface area contributed by atoms with E-state index in [4.69, 9.17) is 9.47 Å². The molecule has 118 valence electrons. The third kappa shape index (κ3) is 6.68. The van der Waals surface area contributed by atoms with Crippen LogP contribution in [0.25, 0.3) is 0 Å². The van der Waals surface area contributed by atoms with E-state index in [9.17, 15) is 4.79 Å². The summed E-state index contributed by atoms with van der Waals surface area (Å²) < 4.78 is 10.8. The molecule has 0 aromatic heterocycles. The molecule has 2 unspecified atom stereocenters. The molecule has 0 spiro atoms. The van der Waals surface area contributed by atoms with E-state index in [1.807, 2.05) is 6.92 Å². The average molecular weight is 286 g/mol. The van der Waals surface area contributed by atoms with Crippen molar-refractivity contribution in [3.8, 4) is 0 Å². The van der Waals surface area contributed by atoms with E-state index in [0.717, 1.165) is 45.5 Å². The van der Waals surface area contributed by atoms with Gasteiger partial charge < -0.3 is 19.7 Å². The van der Waals surface area contributed by atoms with Crippen LogP contribution in [-0.2, 0) is 14.3 Å². The highest BCUT2D eigenvalue weighted by molar-refractivity contribution is 5.75. The fraction of sp³-hybridized carbons (Fsp3) is 0.933. The Morgan fingerprint density at radius 1 is 1.50 bits per heavy atom. The lowest BCUT2D eigenvalue weighted by Crippen LogP contribution is -2.41. The standard InChI is InChI=1S/C15H30N2O3/c1-4-9-16-14(15(18)19-5-2)8-10-17(3)12-13-7-6-11-20-13/h13-14,16H,4-12H2,1-3H3. The number of hydrogen-bond acceptors (Lipinski definition) is 5. The molecule has 0 radical (unpaired) electrons. The second-order valence-corrected chi connectivity index (χ2v) is 5.44. The smallest absolute Gasteiger partial charge is 0.323 e. The average Bonchev–Trinajstić information content (AvgIpc) is 2.91. The molecular formula is C15H30N2O3. The summed E-state index contributed by atoms with van der Waals surface area (Å²) in [6, 6.07) is -0.193. The number of carbonyl (C=O) groups is 1. The Labute approximate surface area is 123 Å². The van der Waals surface area contributed by atoms with Gasteiger partial charge in [0.05, 0.1) is 12.7 Å². The molecule has 5 heteroatoms. The minimum atomic E-state index is -0.193. The monoisotopic (exact) mass is 286 g/mol. The molecule has 1 aliphatic heterocycles. The maximum Gasteiger partial charge on any atom is 0.323 e. The first-order valence-electron chi connectivity index (χ1n) is 7.87. The molecule has 1 aliphatic rings. The molecule has 1 saturated heterocycles. The van der Waals surface area contributed by atoms with Gasteiger partial charge in [0.25, 0.3) is 0 Å². The molecule has 5 nitrogen and oxygen atoms in total. The van der Waals surface area contributed by atoms with Gasteiger partial charge in [-0.1, -0.05) is 6.92 Å². The normalized spacial score (nSPS) is 20.3. The van der Waals surface area contributed by atoms with E-state index in [1.54, 1.807) is 0 Å². The van der Waals surface area contributed by atoms with Crippen molar-refractivity contribution in [3.05, 3.63) is 0 Å². The fourth-order valence-corrected chi connectivity index (χ4v) is 2.44. The molecule has 0 amide bonds. The lowest BCUT2D eigenvalue weighted by Gasteiger charge is -2.23. The zero-order valence-corrected chi connectivity index (χ0v) is 13.2. The van der Waals surface area contributed by atoms with Gasteiger partial charge in [0.15, 0.2) is 0 Å². The van der Waals surface area contributed by atoms with Crippen molar-refractivity contribution in [1.82, 2.24) is 10.2 Å². The van der Waals surface area contributed by atoms with Crippen molar-refractivity contribution >= 4 is 5.97 Å². The number of carbonyl (C=O) groups excluding carboxylic acids is 1. The Morgan fingerprint density at radius 3 is 2.90 bits per heavy atom. The van der Waals surface area contributed by atoms with Gasteiger partial charge in [-0.2, -0.15) is 0 Å². The largest absolute Gasteiger partial charge is 0.465 e. The Kier molecular flexibility index (Phi) is 8.82. The number of ether oxygens (including phenoxy) is 2. The SMILES string of the molecule is CCCNC(CCN(C)CC1CCCO1)C(=O)OCC. The molecule has 1 rings (SSSR count). The van der Waals surface area contributed by atoms with Crippen molar-refractivity contribution in [1.29, 1.82) is 0 Å². The third-order valence-electron chi connectivity index (χ3n) is 3.55. The fourth-order valence-electron chi connectivity index (χ4n) is 2.44. The molecule has 1 heterocycles.